The maximum Gasteiger partial charge on any atom is 0.224 e. The van der Waals surface area contributed by atoms with Crippen molar-refractivity contribution in [2.45, 2.75) is 6.42 Å². The highest BCUT2D eigenvalue weighted by Gasteiger charge is 2.08. The van der Waals surface area contributed by atoms with Crippen LogP contribution in [0.1, 0.15) is 5.56 Å². The average Bonchev–Trinajstić information content (AvgIpc) is 2.40. The van der Waals surface area contributed by atoms with E-state index in [9.17, 15) is 9.18 Å². The summed E-state index contributed by atoms with van der Waals surface area (Å²) in [7, 11) is 1.61. The fourth-order valence-corrected chi connectivity index (χ4v) is 1.85. The van der Waals surface area contributed by atoms with Crippen molar-refractivity contribution >= 4 is 5.91 Å². The molecule has 0 atom stereocenters. The van der Waals surface area contributed by atoms with Crippen LogP contribution in [0.25, 0.3) is 11.1 Å². The topological polar surface area (TPSA) is 29.1 Å². The van der Waals surface area contributed by atoms with Gasteiger partial charge in [0.1, 0.15) is 5.82 Å². The number of benzene rings is 2. The Morgan fingerprint density at radius 1 is 1.11 bits per heavy atom. The van der Waals surface area contributed by atoms with Crippen molar-refractivity contribution < 1.29 is 9.18 Å². The van der Waals surface area contributed by atoms with Gasteiger partial charge in [-0.25, -0.2) is 4.39 Å². The minimum absolute atomic E-state index is 0.0374. The summed E-state index contributed by atoms with van der Waals surface area (Å²) in [5, 5.41) is 2.60. The van der Waals surface area contributed by atoms with Gasteiger partial charge >= 0.3 is 0 Å². The van der Waals surface area contributed by atoms with Crippen molar-refractivity contribution in [1.29, 1.82) is 0 Å². The molecule has 0 heterocycles. The summed E-state index contributed by atoms with van der Waals surface area (Å²) in [4.78, 5) is 11.4. The Kier molecular flexibility index (Phi) is 3.72. The van der Waals surface area contributed by atoms with Crippen LogP contribution < -0.4 is 5.32 Å². The summed E-state index contributed by atoms with van der Waals surface area (Å²) >= 11 is 0. The van der Waals surface area contributed by atoms with Crippen molar-refractivity contribution in [1.82, 2.24) is 5.32 Å². The highest BCUT2D eigenvalue weighted by Crippen LogP contribution is 2.24. The summed E-state index contributed by atoms with van der Waals surface area (Å²) < 4.78 is 12.9. The first-order valence-corrected chi connectivity index (χ1v) is 5.75. The number of carbonyl (C=O) groups is 1. The van der Waals surface area contributed by atoms with Crippen LogP contribution in [-0.4, -0.2) is 13.0 Å². The molecule has 0 aliphatic heterocycles. The number of carbonyl (C=O) groups excluding carboxylic acids is 1. The third kappa shape index (κ3) is 2.74. The molecular formula is C15H14FNO. The van der Waals surface area contributed by atoms with Gasteiger partial charge in [-0.05, 0) is 28.8 Å². The number of hydrogen-bond acceptors (Lipinski definition) is 1. The second-order valence-corrected chi connectivity index (χ2v) is 4.01. The number of amides is 1. The molecule has 18 heavy (non-hydrogen) atoms. The lowest BCUT2D eigenvalue weighted by Gasteiger charge is -2.09. The van der Waals surface area contributed by atoms with Gasteiger partial charge in [0.25, 0.3) is 0 Å². The van der Waals surface area contributed by atoms with E-state index in [4.69, 9.17) is 0 Å². The predicted molar refractivity (Wildman–Crippen MR) is 69.6 cm³/mol. The highest BCUT2D eigenvalue weighted by atomic mass is 19.1. The van der Waals surface area contributed by atoms with Gasteiger partial charge in [-0.1, -0.05) is 36.4 Å². The zero-order valence-electron chi connectivity index (χ0n) is 10.1. The number of likely N-dealkylation sites (N-methyl/N-ethyl adjacent to an activating group) is 1. The summed E-state index contributed by atoms with van der Waals surface area (Å²) in [6, 6.07) is 13.9. The van der Waals surface area contributed by atoms with Crippen LogP contribution in [0.4, 0.5) is 4.39 Å². The van der Waals surface area contributed by atoms with Crippen molar-refractivity contribution in [3.63, 3.8) is 0 Å². The molecule has 0 radical (unpaired) electrons. The molecule has 3 heteroatoms. The minimum Gasteiger partial charge on any atom is -0.359 e. The van der Waals surface area contributed by atoms with E-state index in [2.05, 4.69) is 5.32 Å². The van der Waals surface area contributed by atoms with E-state index in [1.165, 1.54) is 12.1 Å². The lowest BCUT2D eigenvalue weighted by Crippen LogP contribution is -2.20. The van der Waals surface area contributed by atoms with Gasteiger partial charge < -0.3 is 5.32 Å². The van der Waals surface area contributed by atoms with Crippen LogP contribution >= 0.6 is 0 Å². The molecule has 0 unspecified atom stereocenters. The fraction of sp³-hybridized carbons (Fsp3) is 0.133. The molecule has 1 N–H and O–H groups in total. The van der Waals surface area contributed by atoms with Gasteiger partial charge in [0.15, 0.2) is 0 Å². The van der Waals surface area contributed by atoms with Crippen LogP contribution in [0.3, 0.4) is 0 Å². The van der Waals surface area contributed by atoms with E-state index in [1.807, 2.05) is 24.3 Å². The van der Waals surface area contributed by atoms with E-state index in [-0.39, 0.29) is 11.7 Å². The van der Waals surface area contributed by atoms with Gasteiger partial charge in [0, 0.05) is 7.05 Å². The van der Waals surface area contributed by atoms with Crippen LogP contribution in [-0.2, 0) is 11.2 Å². The normalized spacial score (nSPS) is 10.1. The second-order valence-electron chi connectivity index (χ2n) is 4.01. The Labute approximate surface area is 105 Å². The first-order valence-electron chi connectivity index (χ1n) is 5.75. The highest BCUT2D eigenvalue weighted by molar-refractivity contribution is 5.81. The first-order chi connectivity index (χ1) is 8.70. The zero-order valence-corrected chi connectivity index (χ0v) is 10.1. The van der Waals surface area contributed by atoms with Gasteiger partial charge in [0.05, 0.1) is 6.42 Å². The number of hydrogen-bond donors (Lipinski definition) is 1. The number of rotatable bonds is 3. The van der Waals surface area contributed by atoms with Crippen LogP contribution in [0.15, 0.2) is 48.5 Å². The quantitative estimate of drug-likeness (QED) is 0.882. The summed E-state index contributed by atoms with van der Waals surface area (Å²) in [6.07, 6.45) is 0.323. The summed E-state index contributed by atoms with van der Waals surface area (Å²) in [5.41, 5.74) is 2.81. The average molecular weight is 243 g/mol. The predicted octanol–water partition coefficient (Wildman–Crippen LogP) is 2.78. The first kappa shape index (κ1) is 12.3. The molecule has 0 fully saturated rings. The van der Waals surface area contributed by atoms with Crippen molar-refractivity contribution in [2.75, 3.05) is 7.05 Å². The molecule has 2 rings (SSSR count). The van der Waals surface area contributed by atoms with Gasteiger partial charge in [-0.3, -0.25) is 4.79 Å². The van der Waals surface area contributed by atoms with E-state index < -0.39 is 0 Å². The van der Waals surface area contributed by atoms with Gasteiger partial charge in [-0.15, -0.1) is 0 Å². The number of nitrogens with one attached hydrogen (secondary N) is 1. The molecule has 92 valence electrons. The Hall–Kier alpha value is -2.16. The van der Waals surface area contributed by atoms with Gasteiger partial charge in [-0.2, -0.15) is 0 Å². The molecule has 2 aromatic rings. The van der Waals surface area contributed by atoms with E-state index in [0.29, 0.717) is 6.42 Å². The Bertz CT molecular complexity index is 549. The smallest absolute Gasteiger partial charge is 0.224 e. The third-order valence-corrected chi connectivity index (χ3v) is 2.80. The molecule has 0 saturated carbocycles. The zero-order chi connectivity index (χ0) is 13.0. The molecule has 0 saturated heterocycles. The monoisotopic (exact) mass is 243 g/mol. The third-order valence-electron chi connectivity index (χ3n) is 2.80. The maximum atomic E-state index is 12.9. The van der Waals surface area contributed by atoms with E-state index in [0.717, 1.165) is 16.7 Å². The summed E-state index contributed by atoms with van der Waals surface area (Å²) in [5.74, 6) is -0.299. The Morgan fingerprint density at radius 3 is 2.44 bits per heavy atom. The molecule has 0 aromatic heterocycles. The van der Waals surface area contributed by atoms with Crippen LogP contribution in [0, 0.1) is 5.82 Å². The molecule has 0 spiro atoms. The molecular weight excluding hydrogens is 229 g/mol. The second kappa shape index (κ2) is 5.45. The Balaban J connectivity index is 2.38. The van der Waals surface area contributed by atoms with Crippen molar-refractivity contribution in [2.24, 2.45) is 0 Å². The van der Waals surface area contributed by atoms with Crippen LogP contribution in [0.5, 0.6) is 0 Å². The maximum absolute atomic E-state index is 12.9. The fourth-order valence-electron chi connectivity index (χ4n) is 1.85. The van der Waals surface area contributed by atoms with Crippen molar-refractivity contribution in [3.05, 3.63) is 59.9 Å². The Morgan fingerprint density at radius 2 is 1.78 bits per heavy atom. The lowest BCUT2D eigenvalue weighted by atomic mass is 9.97. The summed E-state index contributed by atoms with van der Waals surface area (Å²) in [6.45, 7) is 0. The van der Waals surface area contributed by atoms with E-state index >= 15 is 0 Å². The molecule has 2 nitrogen and oxygen atoms in total. The SMILES string of the molecule is CNC(=O)Cc1ccccc1-c1ccc(F)cc1. The minimum atomic E-state index is -0.262. The molecule has 2 aromatic carbocycles. The van der Waals surface area contributed by atoms with E-state index in [1.54, 1.807) is 19.2 Å². The van der Waals surface area contributed by atoms with Crippen LogP contribution in [0.2, 0.25) is 0 Å². The molecule has 0 aliphatic carbocycles. The molecule has 1 amide bonds. The standard InChI is InChI=1S/C15H14FNO/c1-17-15(18)10-12-4-2-3-5-14(12)11-6-8-13(16)9-7-11/h2-9H,10H2,1H3,(H,17,18). The number of halogens is 1. The van der Waals surface area contributed by atoms with Crippen molar-refractivity contribution in [3.8, 4) is 11.1 Å². The molecule has 0 bridgehead atoms. The lowest BCUT2D eigenvalue weighted by molar-refractivity contribution is -0.119. The van der Waals surface area contributed by atoms with Gasteiger partial charge in [0.2, 0.25) is 5.91 Å². The largest absolute Gasteiger partial charge is 0.359 e. The molecule has 0 aliphatic rings.